The Bertz CT molecular complexity index is 1060. The lowest BCUT2D eigenvalue weighted by atomic mass is 9.76. The van der Waals surface area contributed by atoms with Gasteiger partial charge in [-0.1, -0.05) is 6.07 Å². The molecule has 26 heavy (non-hydrogen) atoms. The van der Waals surface area contributed by atoms with E-state index in [1.807, 2.05) is 17.5 Å². The van der Waals surface area contributed by atoms with Gasteiger partial charge in [-0.05, 0) is 48.4 Å². The number of thiophene rings is 1. The molecule has 1 aliphatic rings. The molecule has 0 unspecified atom stereocenters. The molecule has 0 spiro atoms. The maximum atomic E-state index is 12.7. The molecule has 1 amide bonds. The first-order chi connectivity index (χ1) is 12.5. The van der Waals surface area contributed by atoms with Crippen LogP contribution in [0.25, 0.3) is 11.0 Å². The Labute approximate surface area is 151 Å². The van der Waals surface area contributed by atoms with Gasteiger partial charge in [-0.25, -0.2) is 0 Å². The van der Waals surface area contributed by atoms with Crippen LogP contribution in [0.5, 0.6) is 0 Å². The van der Waals surface area contributed by atoms with Crippen molar-refractivity contribution in [2.24, 2.45) is 5.92 Å². The summed E-state index contributed by atoms with van der Waals surface area (Å²) in [6, 6.07) is 8.50. The van der Waals surface area contributed by atoms with Gasteiger partial charge < -0.3 is 20.4 Å². The van der Waals surface area contributed by atoms with Crippen LogP contribution in [0.1, 0.15) is 34.1 Å². The second-order valence-electron chi connectivity index (χ2n) is 6.52. The van der Waals surface area contributed by atoms with Crippen molar-refractivity contribution in [3.8, 4) is 0 Å². The third-order valence-corrected chi connectivity index (χ3v) is 5.70. The number of fused-ring (bicyclic) bond motifs is 1. The highest BCUT2D eigenvalue weighted by molar-refractivity contribution is 7.10. The topological polar surface area (TPSA) is 115 Å². The molecule has 134 valence electrons. The first-order valence-corrected chi connectivity index (χ1v) is 9.18. The number of hydrogen-bond donors (Lipinski definition) is 4. The number of rotatable bonds is 4. The van der Waals surface area contributed by atoms with E-state index in [4.69, 9.17) is 0 Å². The Morgan fingerprint density at radius 1 is 1.15 bits per heavy atom. The monoisotopic (exact) mass is 371 g/mol. The van der Waals surface area contributed by atoms with Gasteiger partial charge in [0.05, 0.1) is 23.2 Å². The molecule has 0 bridgehead atoms. The zero-order valence-corrected chi connectivity index (χ0v) is 14.5. The molecule has 1 fully saturated rings. The molecule has 0 radical (unpaired) electrons. The van der Waals surface area contributed by atoms with Crippen LogP contribution in [-0.2, 0) is 0 Å². The quantitative estimate of drug-likeness (QED) is 0.521. The maximum Gasteiger partial charge on any atom is 0.314 e. The number of aliphatic hydroxyl groups excluding tert-OH is 1. The molecule has 2 heterocycles. The highest BCUT2D eigenvalue weighted by atomic mass is 32.1. The second-order valence-corrected chi connectivity index (χ2v) is 7.50. The van der Waals surface area contributed by atoms with Gasteiger partial charge in [0, 0.05) is 10.4 Å². The Hall–Kier alpha value is -2.71. The Kier molecular flexibility index (Phi) is 4.21. The minimum atomic E-state index is -0.755. The molecule has 1 saturated carbocycles. The van der Waals surface area contributed by atoms with Gasteiger partial charge in [0.25, 0.3) is 5.91 Å². The number of hydrogen-bond acceptors (Lipinski definition) is 5. The number of H-pyrrole nitrogens is 2. The van der Waals surface area contributed by atoms with Crippen LogP contribution < -0.4 is 16.4 Å². The smallest absolute Gasteiger partial charge is 0.314 e. The van der Waals surface area contributed by atoms with Gasteiger partial charge >= 0.3 is 11.1 Å². The number of nitrogens with one attached hydrogen (secondary N) is 3. The van der Waals surface area contributed by atoms with Crippen LogP contribution in [0.3, 0.4) is 0 Å². The number of aromatic nitrogens is 2. The zero-order valence-electron chi connectivity index (χ0n) is 13.7. The molecule has 1 aromatic carbocycles. The summed E-state index contributed by atoms with van der Waals surface area (Å²) in [5, 5.41) is 14.6. The van der Waals surface area contributed by atoms with Gasteiger partial charge in [0.2, 0.25) is 0 Å². The van der Waals surface area contributed by atoms with E-state index in [-0.39, 0.29) is 24.0 Å². The van der Waals surface area contributed by atoms with Gasteiger partial charge in [-0.15, -0.1) is 11.3 Å². The summed E-state index contributed by atoms with van der Waals surface area (Å²) in [6.45, 7) is 0. The van der Waals surface area contributed by atoms with E-state index in [1.54, 1.807) is 29.5 Å². The van der Waals surface area contributed by atoms with E-state index in [0.717, 1.165) is 4.88 Å². The molecule has 1 atom stereocenters. The van der Waals surface area contributed by atoms with Crippen LogP contribution in [0.15, 0.2) is 45.3 Å². The summed E-state index contributed by atoms with van der Waals surface area (Å²) >= 11 is 1.57. The molecule has 3 aromatic rings. The van der Waals surface area contributed by atoms with Crippen molar-refractivity contribution < 1.29 is 9.90 Å². The molecular weight excluding hydrogens is 354 g/mol. The van der Waals surface area contributed by atoms with E-state index < -0.39 is 11.1 Å². The Morgan fingerprint density at radius 2 is 1.88 bits per heavy atom. The first-order valence-electron chi connectivity index (χ1n) is 8.30. The summed E-state index contributed by atoms with van der Waals surface area (Å²) in [5.74, 6) is -0.0667. The lowest BCUT2D eigenvalue weighted by Crippen LogP contribution is -2.41. The van der Waals surface area contributed by atoms with E-state index in [0.29, 0.717) is 29.4 Å². The molecule has 4 N–H and O–H groups in total. The summed E-state index contributed by atoms with van der Waals surface area (Å²) in [6.07, 6.45) is 1.02. The highest BCUT2D eigenvalue weighted by Gasteiger charge is 2.36. The van der Waals surface area contributed by atoms with Crippen molar-refractivity contribution >= 4 is 28.3 Å². The summed E-state index contributed by atoms with van der Waals surface area (Å²) in [4.78, 5) is 41.6. The molecule has 4 rings (SSSR count). The fourth-order valence-corrected chi connectivity index (χ4v) is 4.14. The minimum absolute atomic E-state index is 0.156. The largest absolute Gasteiger partial charge is 0.393 e. The van der Waals surface area contributed by atoms with Crippen molar-refractivity contribution in [1.82, 2.24) is 15.3 Å². The van der Waals surface area contributed by atoms with E-state index >= 15 is 0 Å². The Balaban J connectivity index is 1.61. The first kappa shape index (κ1) is 16.7. The predicted molar refractivity (Wildman–Crippen MR) is 98.4 cm³/mol. The van der Waals surface area contributed by atoms with Crippen molar-refractivity contribution in [2.45, 2.75) is 25.0 Å². The molecular formula is C18H17N3O4S. The third kappa shape index (κ3) is 3.09. The fourth-order valence-electron chi connectivity index (χ4n) is 3.27. The van der Waals surface area contributed by atoms with Crippen LogP contribution in [-0.4, -0.2) is 27.1 Å². The van der Waals surface area contributed by atoms with Gasteiger partial charge in [-0.2, -0.15) is 0 Å². The minimum Gasteiger partial charge on any atom is -0.393 e. The van der Waals surface area contributed by atoms with Crippen molar-refractivity contribution in [2.75, 3.05) is 0 Å². The second kappa shape index (κ2) is 6.54. The lowest BCUT2D eigenvalue weighted by Gasteiger charge is -2.37. The van der Waals surface area contributed by atoms with Crippen molar-refractivity contribution in [1.29, 1.82) is 0 Å². The van der Waals surface area contributed by atoms with Crippen molar-refractivity contribution in [3.63, 3.8) is 0 Å². The fraction of sp³-hybridized carbons (Fsp3) is 0.278. The van der Waals surface area contributed by atoms with E-state index in [2.05, 4.69) is 15.3 Å². The number of benzene rings is 1. The normalized spacial score (nSPS) is 20.5. The summed E-state index contributed by atoms with van der Waals surface area (Å²) in [7, 11) is 0. The third-order valence-electron chi connectivity index (χ3n) is 4.74. The summed E-state index contributed by atoms with van der Waals surface area (Å²) < 4.78 is 0. The number of carbonyl (C=O) groups excluding carboxylic acids is 1. The van der Waals surface area contributed by atoms with Crippen LogP contribution in [0.4, 0.5) is 0 Å². The standard InChI is InChI=1S/C18H17N3O4S/c22-11-6-10(7-11)15(14-2-1-5-26-14)21-16(23)9-3-4-12-13(8-9)20-18(25)17(24)19-12/h1-5,8,10-11,15,22H,6-7H2,(H,19,24)(H,20,25)(H,21,23)/t10?,11?,15-/m0/s1. The average Bonchev–Trinajstić information content (AvgIpc) is 3.12. The predicted octanol–water partition coefficient (Wildman–Crippen LogP) is 1.52. The molecule has 1 aliphatic carbocycles. The zero-order chi connectivity index (χ0) is 18.3. The molecule has 0 aliphatic heterocycles. The van der Waals surface area contributed by atoms with E-state index in [1.165, 1.54) is 0 Å². The molecule has 0 saturated heterocycles. The van der Waals surface area contributed by atoms with Gasteiger partial charge in [-0.3, -0.25) is 14.4 Å². The van der Waals surface area contributed by atoms with Crippen LogP contribution >= 0.6 is 11.3 Å². The van der Waals surface area contributed by atoms with Gasteiger partial charge in [0.1, 0.15) is 0 Å². The van der Waals surface area contributed by atoms with Crippen LogP contribution in [0.2, 0.25) is 0 Å². The molecule has 8 heteroatoms. The SMILES string of the molecule is O=C(N[C@H](c1cccs1)C1CC(O)C1)c1ccc2[nH]c(=O)c(=O)[nH]c2c1. The number of aromatic amines is 2. The Morgan fingerprint density at radius 3 is 2.54 bits per heavy atom. The number of carbonyl (C=O) groups is 1. The molecule has 2 aromatic heterocycles. The lowest BCUT2D eigenvalue weighted by molar-refractivity contribution is 0.0241. The maximum absolute atomic E-state index is 12.7. The van der Waals surface area contributed by atoms with E-state index in [9.17, 15) is 19.5 Å². The van der Waals surface area contributed by atoms with Crippen LogP contribution in [0, 0.1) is 5.92 Å². The number of aliphatic hydroxyl groups is 1. The van der Waals surface area contributed by atoms with Gasteiger partial charge in [0.15, 0.2) is 0 Å². The average molecular weight is 371 g/mol. The summed E-state index contributed by atoms with van der Waals surface area (Å²) in [5.41, 5.74) is -0.232. The molecule has 7 nitrogen and oxygen atoms in total. The highest BCUT2D eigenvalue weighted by Crippen LogP contribution is 2.39. The van der Waals surface area contributed by atoms with Crippen molar-refractivity contribution in [3.05, 3.63) is 66.9 Å². The number of amides is 1.